The maximum Gasteiger partial charge on any atom is 0.178 e. The standard InChI is InChI=1S/C14H16ClN3O/c15-10-1-2-13-11(7-10)12(8-17-13)14(19)9-18-5-3-16-4-6-18/h1-2,7-8,16-17H,3-6,9H2. The van der Waals surface area contributed by atoms with Crippen molar-refractivity contribution in [2.75, 3.05) is 32.7 Å². The van der Waals surface area contributed by atoms with Crippen LogP contribution in [0.3, 0.4) is 0 Å². The van der Waals surface area contributed by atoms with E-state index in [9.17, 15) is 4.79 Å². The van der Waals surface area contributed by atoms with Gasteiger partial charge in [0.25, 0.3) is 0 Å². The lowest BCUT2D eigenvalue weighted by molar-refractivity contribution is 0.0923. The highest BCUT2D eigenvalue weighted by Gasteiger charge is 2.17. The molecule has 1 fully saturated rings. The highest BCUT2D eigenvalue weighted by Crippen LogP contribution is 2.22. The number of rotatable bonds is 3. The summed E-state index contributed by atoms with van der Waals surface area (Å²) < 4.78 is 0. The number of hydrogen-bond donors (Lipinski definition) is 2. The Balaban J connectivity index is 1.82. The predicted octanol–water partition coefficient (Wildman–Crippen LogP) is 1.91. The van der Waals surface area contributed by atoms with Gasteiger partial charge in [-0.15, -0.1) is 0 Å². The number of aromatic amines is 1. The number of H-pyrrole nitrogens is 1. The average molecular weight is 278 g/mol. The van der Waals surface area contributed by atoms with Gasteiger partial charge in [-0.05, 0) is 18.2 Å². The summed E-state index contributed by atoms with van der Waals surface area (Å²) in [5, 5.41) is 4.85. The van der Waals surface area contributed by atoms with Crippen LogP contribution in [0.1, 0.15) is 10.4 Å². The number of halogens is 1. The van der Waals surface area contributed by atoms with Crippen molar-refractivity contribution in [2.24, 2.45) is 0 Å². The van der Waals surface area contributed by atoms with Gasteiger partial charge in [0.15, 0.2) is 5.78 Å². The molecule has 19 heavy (non-hydrogen) atoms. The molecule has 0 radical (unpaired) electrons. The van der Waals surface area contributed by atoms with Gasteiger partial charge in [0.05, 0.1) is 6.54 Å². The minimum absolute atomic E-state index is 0.149. The van der Waals surface area contributed by atoms with Crippen LogP contribution < -0.4 is 5.32 Å². The molecule has 0 bridgehead atoms. The monoisotopic (exact) mass is 277 g/mol. The summed E-state index contributed by atoms with van der Waals surface area (Å²) in [4.78, 5) is 17.7. The number of piperazine rings is 1. The molecular formula is C14H16ClN3O. The van der Waals surface area contributed by atoms with Crippen LogP contribution in [-0.2, 0) is 0 Å². The smallest absolute Gasteiger partial charge is 0.178 e. The van der Waals surface area contributed by atoms with Crippen molar-refractivity contribution in [3.8, 4) is 0 Å². The first kappa shape index (κ1) is 12.7. The second-order valence-electron chi connectivity index (χ2n) is 4.84. The number of benzene rings is 1. The summed E-state index contributed by atoms with van der Waals surface area (Å²) in [6.07, 6.45) is 1.78. The molecule has 1 aromatic heterocycles. The van der Waals surface area contributed by atoms with Crippen molar-refractivity contribution < 1.29 is 4.79 Å². The molecule has 1 aliphatic heterocycles. The molecule has 5 heteroatoms. The number of fused-ring (bicyclic) bond motifs is 1. The van der Waals surface area contributed by atoms with E-state index in [1.165, 1.54) is 0 Å². The van der Waals surface area contributed by atoms with E-state index in [1.807, 2.05) is 18.2 Å². The second kappa shape index (κ2) is 5.33. The molecule has 0 spiro atoms. The van der Waals surface area contributed by atoms with Crippen LogP contribution in [0.25, 0.3) is 10.9 Å². The lowest BCUT2D eigenvalue weighted by Crippen LogP contribution is -2.45. The molecule has 0 saturated carbocycles. The van der Waals surface area contributed by atoms with Gasteiger partial charge < -0.3 is 10.3 Å². The molecule has 0 amide bonds. The minimum atomic E-state index is 0.149. The maximum absolute atomic E-state index is 12.4. The Morgan fingerprint density at radius 1 is 1.32 bits per heavy atom. The van der Waals surface area contributed by atoms with Crippen molar-refractivity contribution in [1.29, 1.82) is 0 Å². The Labute approximate surface area is 116 Å². The Morgan fingerprint density at radius 3 is 2.89 bits per heavy atom. The molecule has 2 aromatic rings. The minimum Gasteiger partial charge on any atom is -0.360 e. The Bertz CT molecular complexity index is 602. The van der Waals surface area contributed by atoms with Gasteiger partial charge >= 0.3 is 0 Å². The number of ketones is 1. The number of aromatic nitrogens is 1. The SMILES string of the molecule is O=C(CN1CCNCC1)c1c[nH]c2ccc(Cl)cc12. The van der Waals surface area contributed by atoms with Crippen LogP contribution in [0.2, 0.25) is 5.02 Å². The maximum atomic E-state index is 12.4. The first-order valence-electron chi connectivity index (χ1n) is 6.47. The molecule has 0 aliphatic carbocycles. The van der Waals surface area contributed by atoms with E-state index in [0.29, 0.717) is 11.6 Å². The number of nitrogens with one attached hydrogen (secondary N) is 2. The molecule has 3 rings (SSSR count). The summed E-state index contributed by atoms with van der Waals surface area (Å²) in [6.45, 7) is 4.23. The van der Waals surface area contributed by atoms with E-state index in [2.05, 4.69) is 15.2 Å². The van der Waals surface area contributed by atoms with E-state index in [1.54, 1.807) is 6.20 Å². The number of carbonyl (C=O) groups is 1. The Kier molecular flexibility index (Phi) is 3.55. The van der Waals surface area contributed by atoms with E-state index in [4.69, 9.17) is 11.6 Å². The molecule has 4 nitrogen and oxygen atoms in total. The van der Waals surface area contributed by atoms with Crippen LogP contribution in [0.4, 0.5) is 0 Å². The molecular weight excluding hydrogens is 262 g/mol. The second-order valence-corrected chi connectivity index (χ2v) is 5.28. The third kappa shape index (κ3) is 2.66. The molecule has 2 N–H and O–H groups in total. The number of hydrogen-bond acceptors (Lipinski definition) is 3. The lowest BCUT2D eigenvalue weighted by atomic mass is 10.1. The van der Waals surface area contributed by atoms with Crippen molar-refractivity contribution >= 4 is 28.3 Å². The normalized spacial score (nSPS) is 16.9. The first-order chi connectivity index (χ1) is 9.24. The highest BCUT2D eigenvalue weighted by molar-refractivity contribution is 6.31. The fourth-order valence-corrected chi connectivity index (χ4v) is 2.65. The number of Topliss-reactive ketones (excluding diaryl/α,β-unsaturated/α-hetero) is 1. The van der Waals surface area contributed by atoms with Crippen molar-refractivity contribution in [3.63, 3.8) is 0 Å². The third-order valence-corrected chi connectivity index (χ3v) is 3.76. The van der Waals surface area contributed by atoms with Gasteiger partial charge in [-0.25, -0.2) is 0 Å². The van der Waals surface area contributed by atoms with Crippen molar-refractivity contribution in [1.82, 2.24) is 15.2 Å². The van der Waals surface area contributed by atoms with Gasteiger partial charge in [0.1, 0.15) is 0 Å². The third-order valence-electron chi connectivity index (χ3n) is 3.52. The van der Waals surface area contributed by atoms with E-state index >= 15 is 0 Å². The zero-order valence-corrected chi connectivity index (χ0v) is 11.3. The van der Waals surface area contributed by atoms with E-state index in [-0.39, 0.29) is 5.78 Å². The number of carbonyl (C=O) groups excluding carboxylic acids is 1. The molecule has 1 aliphatic rings. The van der Waals surface area contributed by atoms with Crippen LogP contribution in [0.5, 0.6) is 0 Å². The topological polar surface area (TPSA) is 48.1 Å². The Morgan fingerprint density at radius 2 is 2.11 bits per heavy atom. The van der Waals surface area contributed by atoms with Crippen LogP contribution >= 0.6 is 11.6 Å². The van der Waals surface area contributed by atoms with Gasteiger partial charge in [-0.2, -0.15) is 0 Å². The Hall–Kier alpha value is -1.36. The van der Waals surface area contributed by atoms with Crippen LogP contribution in [0, 0.1) is 0 Å². The zero-order valence-electron chi connectivity index (χ0n) is 10.6. The molecule has 100 valence electrons. The quantitative estimate of drug-likeness (QED) is 0.843. The fourth-order valence-electron chi connectivity index (χ4n) is 2.48. The van der Waals surface area contributed by atoms with Crippen molar-refractivity contribution in [2.45, 2.75) is 0 Å². The summed E-state index contributed by atoms with van der Waals surface area (Å²) in [5.74, 6) is 0.149. The average Bonchev–Trinajstić information content (AvgIpc) is 2.82. The van der Waals surface area contributed by atoms with Crippen LogP contribution in [0.15, 0.2) is 24.4 Å². The molecule has 1 saturated heterocycles. The predicted molar refractivity (Wildman–Crippen MR) is 76.9 cm³/mol. The summed E-state index contributed by atoms with van der Waals surface area (Å²) >= 11 is 6.00. The first-order valence-corrected chi connectivity index (χ1v) is 6.85. The molecule has 2 heterocycles. The van der Waals surface area contributed by atoms with Crippen LogP contribution in [-0.4, -0.2) is 48.4 Å². The highest BCUT2D eigenvalue weighted by atomic mass is 35.5. The summed E-state index contributed by atoms with van der Waals surface area (Å²) in [7, 11) is 0. The fraction of sp³-hybridized carbons (Fsp3) is 0.357. The zero-order chi connectivity index (χ0) is 13.2. The molecule has 0 atom stereocenters. The molecule has 1 aromatic carbocycles. The largest absolute Gasteiger partial charge is 0.360 e. The van der Waals surface area contributed by atoms with Gasteiger partial charge in [-0.3, -0.25) is 9.69 Å². The van der Waals surface area contributed by atoms with Gasteiger partial charge in [-0.1, -0.05) is 11.6 Å². The van der Waals surface area contributed by atoms with Gasteiger partial charge in [0.2, 0.25) is 0 Å². The van der Waals surface area contributed by atoms with E-state index in [0.717, 1.165) is 42.6 Å². The lowest BCUT2D eigenvalue weighted by Gasteiger charge is -2.26. The van der Waals surface area contributed by atoms with Crippen molar-refractivity contribution in [3.05, 3.63) is 35.0 Å². The number of nitrogens with zero attached hydrogens (tertiary/aromatic N) is 1. The summed E-state index contributed by atoms with van der Waals surface area (Å²) in [5.41, 5.74) is 1.68. The molecule has 0 unspecified atom stereocenters. The van der Waals surface area contributed by atoms with Gasteiger partial charge in [0, 0.05) is 53.9 Å². The summed E-state index contributed by atoms with van der Waals surface area (Å²) in [6, 6.07) is 5.57. The van der Waals surface area contributed by atoms with E-state index < -0.39 is 0 Å².